The van der Waals surface area contributed by atoms with Gasteiger partial charge in [0.2, 0.25) is 5.91 Å². The second kappa shape index (κ2) is 6.15. The lowest BCUT2D eigenvalue weighted by atomic mass is 9.79. The Morgan fingerprint density at radius 1 is 1.55 bits per heavy atom. The molecule has 0 saturated carbocycles. The zero-order chi connectivity index (χ0) is 14.8. The van der Waals surface area contributed by atoms with Gasteiger partial charge in [-0.3, -0.25) is 4.79 Å². The highest BCUT2D eigenvalue weighted by Gasteiger charge is 2.43. The monoisotopic (exact) mass is 357 g/mol. The summed E-state index contributed by atoms with van der Waals surface area (Å²) in [6.45, 7) is 2.85. The van der Waals surface area contributed by atoms with E-state index in [0.29, 0.717) is 31.9 Å². The van der Waals surface area contributed by atoms with E-state index in [1.54, 1.807) is 6.20 Å². The van der Waals surface area contributed by atoms with Crippen LogP contribution in [-0.2, 0) is 9.53 Å². The van der Waals surface area contributed by atoms with Crippen molar-refractivity contribution in [1.29, 1.82) is 0 Å². The van der Waals surface area contributed by atoms with E-state index in [9.17, 15) is 4.79 Å². The van der Waals surface area contributed by atoms with Gasteiger partial charge in [0.05, 0.1) is 4.99 Å². The average molecular weight is 358 g/mol. The number of nitrogens with one attached hydrogen (secondary N) is 1. The maximum atomic E-state index is 12.6. The minimum Gasteiger partial charge on any atom is -0.392 e. The van der Waals surface area contributed by atoms with Gasteiger partial charge < -0.3 is 15.8 Å². The number of anilines is 1. The number of hydrogen-bond acceptors (Lipinski definition) is 4. The molecule has 108 valence electrons. The summed E-state index contributed by atoms with van der Waals surface area (Å²) in [5.74, 6) is 0.325. The summed E-state index contributed by atoms with van der Waals surface area (Å²) >= 11 is 8.45. The molecule has 1 saturated heterocycles. The van der Waals surface area contributed by atoms with E-state index in [4.69, 9.17) is 22.7 Å². The minimum atomic E-state index is -0.839. The largest absolute Gasteiger partial charge is 0.392 e. The van der Waals surface area contributed by atoms with Crippen molar-refractivity contribution in [3.8, 4) is 0 Å². The fraction of sp³-hybridized carbons (Fsp3) is 0.462. The normalized spacial score (nSPS) is 17.5. The molecular formula is C13H16BrN3O2S. The molecule has 1 aromatic heterocycles. The van der Waals surface area contributed by atoms with Crippen molar-refractivity contribution < 1.29 is 9.53 Å². The molecule has 2 rings (SSSR count). The quantitative estimate of drug-likeness (QED) is 0.810. The molecule has 3 N–H and O–H groups in total. The maximum Gasteiger partial charge on any atom is 0.238 e. The Morgan fingerprint density at radius 2 is 2.20 bits per heavy atom. The van der Waals surface area contributed by atoms with Crippen LogP contribution in [0, 0.1) is 12.3 Å². The molecular weight excluding hydrogens is 342 g/mol. The van der Waals surface area contributed by atoms with Crippen molar-refractivity contribution in [1.82, 2.24) is 4.98 Å². The number of nitrogens with zero attached hydrogens (tertiary/aromatic N) is 1. The van der Waals surface area contributed by atoms with E-state index in [2.05, 4.69) is 26.2 Å². The molecule has 0 spiro atoms. The SMILES string of the molecule is Cc1cc(Br)cnc1NC(=O)C1(C(N)=S)CCOCC1. The Kier molecular flexibility index (Phi) is 4.72. The number of ether oxygens (including phenoxy) is 1. The van der Waals surface area contributed by atoms with Crippen LogP contribution in [0.15, 0.2) is 16.7 Å². The third-order valence-electron chi connectivity index (χ3n) is 3.53. The fourth-order valence-corrected chi connectivity index (χ4v) is 2.95. The van der Waals surface area contributed by atoms with Crippen molar-refractivity contribution in [3.63, 3.8) is 0 Å². The Balaban J connectivity index is 2.22. The first kappa shape index (κ1) is 15.3. The molecule has 1 aliphatic rings. The van der Waals surface area contributed by atoms with E-state index in [-0.39, 0.29) is 10.9 Å². The van der Waals surface area contributed by atoms with Crippen molar-refractivity contribution in [3.05, 3.63) is 22.3 Å². The average Bonchev–Trinajstić information content (AvgIpc) is 2.42. The second-order valence-corrected chi connectivity index (χ2v) is 6.19. The molecule has 0 aliphatic carbocycles. The molecule has 0 aromatic carbocycles. The number of amides is 1. The number of aromatic nitrogens is 1. The van der Waals surface area contributed by atoms with Crippen LogP contribution in [0.1, 0.15) is 18.4 Å². The Hall–Kier alpha value is -1.05. The van der Waals surface area contributed by atoms with Crippen molar-refractivity contribution in [2.24, 2.45) is 11.1 Å². The van der Waals surface area contributed by atoms with Crippen LogP contribution in [0.3, 0.4) is 0 Å². The van der Waals surface area contributed by atoms with E-state index in [1.807, 2.05) is 13.0 Å². The summed E-state index contributed by atoms with van der Waals surface area (Å²) in [7, 11) is 0. The number of aryl methyl sites for hydroxylation is 1. The highest BCUT2D eigenvalue weighted by molar-refractivity contribution is 9.10. The Labute approximate surface area is 131 Å². The van der Waals surface area contributed by atoms with Crippen molar-refractivity contribution >= 4 is 44.9 Å². The van der Waals surface area contributed by atoms with Crippen LogP contribution in [-0.4, -0.2) is 29.1 Å². The smallest absolute Gasteiger partial charge is 0.238 e. The number of halogens is 1. The van der Waals surface area contributed by atoms with E-state index >= 15 is 0 Å². The topological polar surface area (TPSA) is 77.2 Å². The van der Waals surface area contributed by atoms with Gasteiger partial charge in [0, 0.05) is 23.9 Å². The molecule has 1 amide bonds. The van der Waals surface area contributed by atoms with Crippen LogP contribution < -0.4 is 11.1 Å². The third kappa shape index (κ3) is 2.99. The van der Waals surface area contributed by atoms with Gasteiger partial charge in [0.1, 0.15) is 11.2 Å². The molecule has 1 aliphatic heterocycles. The molecule has 0 atom stereocenters. The van der Waals surface area contributed by atoms with Crippen LogP contribution in [0.4, 0.5) is 5.82 Å². The lowest BCUT2D eigenvalue weighted by Crippen LogP contribution is -2.49. The highest BCUT2D eigenvalue weighted by Crippen LogP contribution is 2.32. The molecule has 0 radical (unpaired) electrons. The lowest BCUT2D eigenvalue weighted by Gasteiger charge is -2.34. The fourth-order valence-electron chi connectivity index (χ4n) is 2.20. The first-order valence-corrected chi connectivity index (χ1v) is 7.47. The first-order chi connectivity index (χ1) is 9.45. The summed E-state index contributed by atoms with van der Waals surface area (Å²) in [6, 6.07) is 1.89. The van der Waals surface area contributed by atoms with Crippen LogP contribution in [0.5, 0.6) is 0 Å². The predicted molar refractivity (Wildman–Crippen MR) is 84.6 cm³/mol. The van der Waals surface area contributed by atoms with Crippen LogP contribution >= 0.6 is 28.1 Å². The molecule has 5 nitrogen and oxygen atoms in total. The minimum absolute atomic E-state index is 0.203. The number of hydrogen-bond donors (Lipinski definition) is 2. The number of carbonyl (C=O) groups excluding carboxylic acids is 1. The number of rotatable bonds is 3. The van der Waals surface area contributed by atoms with Crippen LogP contribution in [0.2, 0.25) is 0 Å². The van der Waals surface area contributed by atoms with Gasteiger partial charge in [0.15, 0.2) is 0 Å². The van der Waals surface area contributed by atoms with Gasteiger partial charge in [-0.15, -0.1) is 0 Å². The maximum absolute atomic E-state index is 12.6. The second-order valence-electron chi connectivity index (χ2n) is 4.83. The predicted octanol–water partition coefficient (Wildman–Crippen LogP) is 2.17. The molecule has 20 heavy (non-hydrogen) atoms. The van der Waals surface area contributed by atoms with Gasteiger partial charge in [-0.05, 0) is 47.3 Å². The Morgan fingerprint density at radius 3 is 2.75 bits per heavy atom. The van der Waals surface area contributed by atoms with E-state index in [0.717, 1.165) is 10.0 Å². The number of nitrogens with two attached hydrogens (primary N) is 1. The van der Waals surface area contributed by atoms with Crippen molar-refractivity contribution in [2.75, 3.05) is 18.5 Å². The summed E-state index contributed by atoms with van der Waals surface area (Å²) in [6.07, 6.45) is 2.65. The number of pyridine rings is 1. The van der Waals surface area contributed by atoms with Gasteiger partial charge in [-0.1, -0.05) is 12.2 Å². The highest BCUT2D eigenvalue weighted by atomic mass is 79.9. The van der Waals surface area contributed by atoms with Gasteiger partial charge >= 0.3 is 0 Å². The number of carbonyl (C=O) groups is 1. The summed E-state index contributed by atoms with van der Waals surface area (Å²) in [5, 5.41) is 2.84. The standard InChI is InChI=1S/C13H16BrN3O2S/c1-8-6-9(14)7-16-10(8)17-12(18)13(11(15)20)2-4-19-5-3-13/h6-7H,2-5H2,1H3,(H2,15,20)(H,16,17,18). The molecule has 0 unspecified atom stereocenters. The third-order valence-corrected chi connectivity index (χ3v) is 4.35. The molecule has 1 aromatic rings. The molecule has 2 heterocycles. The zero-order valence-corrected chi connectivity index (χ0v) is 13.5. The zero-order valence-electron chi connectivity index (χ0n) is 11.1. The Bertz CT molecular complexity index is 544. The summed E-state index contributed by atoms with van der Waals surface area (Å²) < 4.78 is 6.16. The molecule has 0 bridgehead atoms. The van der Waals surface area contributed by atoms with Gasteiger partial charge in [-0.2, -0.15) is 0 Å². The summed E-state index contributed by atoms with van der Waals surface area (Å²) in [4.78, 5) is 17.0. The summed E-state index contributed by atoms with van der Waals surface area (Å²) in [5.41, 5.74) is 5.84. The van der Waals surface area contributed by atoms with Gasteiger partial charge in [-0.25, -0.2) is 4.98 Å². The van der Waals surface area contributed by atoms with Crippen LogP contribution in [0.25, 0.3) is 0 Å². The number of thiocarbonyl (C=S) groups is 1. The van der Waals surface area contributed by atoms with Crippen molar-refractivity contribution in [2.45, 2.75) is 19.8 Å². The lowest BCUT2D eigenvalue weighted by molar-refractivity contribution is -0.126. The first-order valence-electron chi connectivity index (χ1n) is 6.27. The van der Waals surface area contributed by atoms with E-state index in [1.165, 1.54) is 0 Å². The molecule has 1 fully saturated rings. The molecule has 7 heteroatoms. The van der Waals surface area contributed by atoms with Gasteiger partial charge in [0.25, 0.3) is 0 Å². The van der Waals surface area contributed by atoms with E-state index < -0.39 is 5.41 Å².